The van der Waals surface area contributed by atoms with Gasteiger partial charge in [0.05, 0.1) is 12.2 Å². The molecule has 118 valence electrons. The van der Waals surface area contributed by atoms with Crippen LogP contribution in [0.15, 0.2) is 0 Å². The van der Waals surface area contributed by atoms with Crippen molar-refractivity contribution in [3.05, 3.63) is 0 Å². The Labute approximate surface area is 125 Å². The van der Waals surface area contributed by atoms with Crippen molar-refractivity contribution in [2.24, 2.45) is 5.92 Å². The van der Waals surface area contributed by atoms with Gasteiger partial charge in [0.1, 0.15) is 0 Å². The van der Waals surface area contributed by atoms with Gasteiger partial charge in [-0.25, -0.2) is 0 Å². The minimum absolute atomic E-state index is 0.381. The molecule has 1 heterocycles. The van der Waals surface area contributed by atoms with Crippen molar-refractivity contribution in [3.63, 3.8) is 0 Å². The van der Waals surface area contributed by atoms with Crippen LogP contribution in [0.5, 0.6) is 0 Å². The van der Waals surface area contributed by atoms with Gasteiger partial charge in [-0.1, -0.05) is 0 Å². The molecule has 0 aromatic carbocycles. The van der Waals surface area contributed by atoms with E-state index in [1.807, 2.05) is 0 Å². The van der Waals surface area contributed by atoms with Gasteiger partial charge in [0.2, 0.25) is 0 Å². The quantitative estimate of drug-likeness (QED) is 0.745. The zero-order chi connectivity index (χ0) is 14.7. The molecule has 0 spiro atoms. The normalized spacial score (nSPS) is 29.4. The van der Waals surface area contributed by atoms with E-state index >= 15 is 0 Å². The zero-order valence-corrected chi connectivity index (χ0v) is 14.1. The molecule has 2 aliphatic rings. The molecule has 0 radical (unpaired) electrons. The molecule has 0 aromatic rings. The molecule has 0 amide bonds. The third-order valence-electron chi connectivity index (χ3n) is 5.08. The third kappa shape index (κ3) is 4.44. The van der Waals surface area contributed by atoms with E-state index in [4.69, 9.17) is 4.74 Å². The van der Waals surface area contributed by atoms with Gasteiger partial charge >= 0.3 is 0 Å². The molecule has 3 heteroatoms. The molecular weight excluding hydrogens is 248 g/mol. The molecule has 0 bridgehead atoms. The minimum atomic E-state index is 0.381. The summed E-state index contributed by atoms with van der Waals surface area (Å²) in [5, 5.41) is 0. The summed E-state index contributed by atoms with van der Waals surface area (Å²) in [6, 6.07) is 1.48. The molecule has 0 unspecified atom stereocenters. The van der Waals surface area contributed by atoms with Crippen molar-refractivity contribution >= 4 is 0 Å². The molecule has 0 N–H and O–H groups in total. The van der Waals surface area contributed by atoms with E-state index in [0.29, 0.717) is 18.2 Å². The fourth-order valence-electron chi connectivity index (χ4n) is 3.60. The van der Waals surface area contributed by atoms with E-state index in [1.54, 1.807) is 0 Å². The van der Waals surface area contributed by atoms with Gasteiger partial charge in [-0.3, -0.25) is 0 Å². The third-order valence-corrected chi connectivity index (χ3v) is 5.08. The number of ether oxygens (including phenoxy) is 1. The van der Waals surface area contributed by atoms with Crippen LogP contribution in [0.3, 0.4) is 0 Å². The Morgan fingerprint density at radius 3 is 2.20 bits per heavy atom. The smallest absolute Gasteiger partial charge is 0.0608 e. The van der Waals surface area contributed by atoms with Gasteiger partial charge in [0.25, 0.3) is 0 Å². The monoisotopic (exact) mass is 282 g/mol. The maximum Gasteiger partial charge on any atom is 0.0608 e. The Hall–Kier alpha value is -0.120. The molecule has 0 aromatic heterocycles. The molecule has 0 atom stereocenters. The molecule has 20 heavy (non-hydrogen) atoms. The molecule has 1 saturated heterocycles. The van der Waals surface area contributed by atoms with Gasteiger partial charge in [0, 0.05) is 18.6 Å². The average Bonchev–Trinajstić information content (AvgIpc) is 2.33. The summed E-state index contributed by atoms with van der Waals surface area (Å²) in [6.07, 6.45) is 6.12. The summed E-state index contributed by atoms with van der Waals surface area (Å²) in [7, 11) is 2.31. The Morgan fingerprint density at radius 2 is 1.70 bits per heavy atom. The molecule has 2 rings (SSSR count). The first-order valence-corrected chi connectivity index (χ1v) is 8.55. The summed E-state index contributed by atoms with van der Waals surface area (Å²) >= 11 is 0. The second kappa shape index (κ2) is 7.24. The van der Waals surface area contributed by atoms with Crippen molar-refractivity contribution in [1.82, 2.24) is 9.80 Å². The number of piperidine rings is 1. The first kappa shape index (κ1) is 16.3. The Morgan fingerprint density at radius 1 is 1.10 bits per heavy atom. The minimum Gasteiger partial charge on any atom is -0.375 e. The molecule has 1 aliphatic carbocycles. The molecule has 1 aliphatic heterocycles. The molecule has 1 saturated carbocycles. The number of likely N-dealkylation sites (tertiary alicyclic amines) is 1. The van der Waals surface area contributed by atoms with Crippen molar-refractivity contribution < 1.29 is 4.74 Å². The molecule has 3 nitrogen and oxygen atoms in total. The molecule has 2 fully saturated rings. The van der Waals surface area contributed by atoms with Crippen molar-refractivity contribution in [3.8, 4) is 0 Å². The summed E-state index contributed by atoms with van der Waals surface area (Å²) in [5.74, 6) is 0.903. The first-order valence-electron chi connectivity index (χ1n) is 8.55. The lowest BCUT2D eigenvalue weighted by Crippen LogP contribution is -2.49. The Kier molecular flexibility index (Phi) is 5.88. The fraction of sp³-hybridized carbons (Fsp3) is 1.00. The average molecular weight is 282 g/mol. The van der Waals surface area contributed by atoms with Gasteiger partial charge in [0.15, 0.2) is 0 Å². The lowest BCUT2D eigenvalue weighted by atomic mass is 9.86. The maximum atomic E-state index is 5.86. The highest BCUT2D eigenvalue weighted by Crippen LogP contribution is 2.30. The van der Waals surface area contributed by atoms with Gasteiger partial charge < -0.3 is 14.5 Å². The van der Waals surface area contributed by atoms with Crippen LogP contribution in [-0.2, 0) is 4.74 Å². The van der Waals surface area contributed by atoms with Crippen LogP contribution in [0.2, 0.25) is 0 Å². The van der Waals surface area contributed by atoms with E-state index in [2.05, 4.69) is 44.5 Å². The number of hydrogen-bond acceptors (Lipinski definition) is 3. The highest BCUT2D eigenvalue weighted by atomic mass is 16.5. The van der Waals surface area contributed by atoms with E-state index in [0.717, 1.165) is 12.0 Å². The van der Waals surface area contributed by atoms with Gasteiger partial charge in [-0.05, 0) is 79.4 Å². The van der Waals surface area contributed by atoms with E-state index in [-0.39, 0.29) is 0 Å². The molecular formula is C17H34N2O. The van der Waals surface area contributed by atoms with Crippen LogP contribution in [0.4, 0.5) is 0 Å². The van der Waals surface area contributed by atoms with Crippen LogP contribution in [-0.4, -0.2) is 60.8 Å². The van der Waals surface area contributed by atoms with Gasteiger partial charge in [-0.2, -0.15) is 0 Å². The second-order valence-electron chi connectivity index (χ2n) is 7.44. The van der Waals surface area contributed by atoms with Crippen molar-refractivity contribution in [2.45, 2.75) is 77.7 Å². The maximum absolute atomic E-state index is 5.86. The zero-order valence-electron chi connectivity index (χ0n) is 14.1. The first-order chi connectivity index (χ1) is 9.45. The van der Waals surface area contributed by atoms with E-state index < -0.39 is 0 Å². The topological polar surface area (TPSA) is 15.7 Å². The predicted octanol–water partition coefficient (Wildman–Crippen LogP) is 2.99. The number of hydrogen-bond donors (Lipinski definition) is 0. The van der Waals surface area contributed by atoms with Crippen LogP contribution in [0, 0.1) is 5.92 Å². The number of rotatable bonds is 6. The summed E-state index contributed by atoms with van der Waals surface area (Å²) < 4.78 is 5.86. The van der Waals surface area contributed by atoms with Crippen LogP contribution < -0.4 is 0 Å². The van der Waals surface area contributed by atoms with Crippen molar-refractivity contribution in [1.29, 1.82) is 0 Å². The standard InChI is InChI=1S/C17H34N2O/c1-13(2)19-8-6-15(7-9-19)12-18(5)16-10-17(11-16)20-14(3)4/h13-17H,6-12H2,1-5H3/t16-,17-. The lowest BCUT2D eigenvalue weighted by molar-refractivity contribution is -0.0751. The van der Waals surface area contributed by atoms with E-state index in [9.17, 15) is 0 Å². The highest BCUT2D eigenvalue weighted by molar-refractivity contribution is 4.88. The fourth-order valence-corrected chi connectivity index (χ4v) is 3.60. The Balaban J connectivity index is 1.63. The lowest BCUT2D eigenvalue weighted by Gasteiger charge is -2.44. The van der Waals surface area contributed by atoms with E-state index in [1.165, 1.54) is 45.3 Å². The largest absolute Gasteiger partial charge is 0.375 e. The van der Waals surface area contributed by atoms with Crippen LogP contribution >= 0.6 is 0 Å². The summed E-state index contributed by atoms with van der Waals surface area (Å²) in [5.41, 5.74) is 0. The summed E-state index contributed by atoms with van der Waals surface area (Å²) in [6.45, 7) is 12.8. The van der Waals surface area contributed by atoms with Crippen LogP contribution in [0.1, 0.15) is 53.4 Å². The number of nitrogens with zero attached hydrogens (tertiary/aromatic N) is 2. The SMILES string of the molecule is CC(C)O[C@H]1C[C@H](N(C)CC2CCN(C(C)C)CC2)C1. The Bertz CT molecular complexity index is 279. The van der Waals surface area contributed by atoms with Crippen molar-refractivity contribution in [2.75, 3.05) is 26.7 Å². The predicted molar refractivity (Wildman–Crippen MR) is 85.1 cm³/mol. The van der Waals surface area contributed by atoms with Crippen LogP contribution in [0.25, 0.3) is 0 Å². The summed E-state index contributed by atoms with van der Waals surface area (Å²) in [4.78, 5) is 5.21. The second-order valence-corrected chi connectivity index (χ2v) is 7.44. The van der Waals surface area contributed by atoms with Gasteiger partial charge in [-0.15, -0.1) is 0 Å². The highest BCUT2D eigenvalue weighted by Gasteiger charge is 2.34.